The van der Waals surface area contributed by atoms with E-state index >= 15 is 0 Å². The lowest BCUT2D eigenvalue weighted by Crippen LogP contribution is -2.60. The predicted octanol–water partition coefficient (Wildman–Crippen LogP) is -0.556. The summed E-state index contributed by atoms with van der Waals surface area (Å²) in [6.45, 7) is 2.50. The lowest BCUT2D eigenvalue weighted by atomic mass is 10.0. The van der Waals surface area contributed by atoms with E-state index < -0.39 is 54.0 Å². The maximum absolute atomic E-state index is 13.1. The number of nitrogens with one attached hydrogen (secondary N) is 3. The summed E-state index contributed by atoms with van der Waals surface area (Å²) in [7, 11) is 0. The molecule has 0 aliphatic carbocycles. The normalized spacial score (nSPS) is 15.0. The van der Waals surface area contributed by atoms with Gasteiger partial charge in [-0.2, -0.15) is 0 Å². The van der Waals surface area contributed by atoms with E-state index in [1.807, 2.05) is 30.3 Å². The van der Waals surface area contributed by atoms with Crippen molar-refractivity contribution in [1.29, 1.82) is 0 Å². The Balaban J connectivity index is 2.19. The minimum absolute atomic E-state index is 0.00438. The van der Waals surface area contributed by atoms with Crippen LogP contribution in [0.1, 0.15) is 25.0 Å². The maximum atomic E-state index is 13.1. The summed E-state index contributed by atoms with van der Waals surface area (Å²) in [5, 5.41) is 35.8. The molecule has 11 heteroatoms. The molecule has 0 aromatic heterocycles. The third kappa shape index (κ3) is 8.67. The molecule has 2 aromatic carbocycles. The molecule has 0 saturated heterocycles. The second-order valence-corrected chi connectivity index (χ2v) is 8.52. The number of carbonyl (C=O) groups is 4. The lowest BCUT2D eigenvalue weighted by molar-refractivity contribution is -0.142. The van der Waals surface area contributed by atoms with Gasteiger partial charge in [-0.25, -0.2) is 0 Å². The second-order valence-electron chi connectivity index (χ2n) is 8.52. The number of aliphatic hydroxyl groups is 1. The van der Waals surface area contributed by atoms with E-state index in [0.717, 1.165) is 5.56 Å². The number of rotatable bonds is 12. The summed E-state index contributed by atoms with van der Waals surface area (Å²) in [5.74, 6) is -3.55. The SMILES string of the molecule is CC(NC(=O)C(NC(=O)C(Cc1ccc(O)cc1)NC(=O)C(N)Cc1ccccc1)C(C)O)C(=O)O. The Morgan fingerprint density at radius 3 is 1.94 bits per heavy atom. The molecule has 0 heterocycles. The molecule has 5 unspecified atom stereocenters. The first kappa shape index (κ1) is 28.3. The van der Waals surface area contributed by atoms with Gasteiger partial charge in [-0.3, -0.25) is 19.2 Å². The number of aliphatic hydroxyl groups excluding tert-OH is 1. The van der Waals surface area contributed by atoms with E-state index in [4.69, 9.17) is 10.8 Å². The zero-order valence-electron chi connectivity index (χ0n) is 20.0. The van der Waals surface area contributed by atoms with Crippen molar-refractivity contribution in [1.82, 2.24) is 16.0 Å². The van der Waals surface area contributed by atoms with Gasteiger partial charge in [-0.05, 0) is 43.5 Å². The van der Waals surface area contributed by atoms with Gasteiger partial charge in [0.15, 0.2) is 0 Å². The zero-order chi connectivity index (χ0) is 26.8. The van der Waals surface area contributed by atoms with E-state index in [1.54, 1.807) is 12.1 Å². The highest BCUT2D eigenvalue weighted by Gasteiger charge is 2.32. The van der Waals surface area contributed by atoms with Crippen LogP contribution in [0.5, 0.6) is 5.75 Å². The van der Waals surface area contributed by atoms with Crippen LogP contribution < -0.4 is 21.7 Å². The molecular weight excluding hydrogens is 468 g/mol. The molecule has 11 nitrogen and oxygen atoms in total. The fraction of sp³-hybridized carbons (Fsp3) is 0.360. The summed E-state index contributed by atoms with van der Waals surface area (Å²) in [6, 6.07) is 10.2. The van der Waals surface area contributed by atoms with Crippen molar-refractivity contribution in [3.63, 3.8) is 0 Å². The van der Waals surface area contributed by atoms with E-state index in [1.165, 1.54) is 26.0 Å². The molecule has 0 saturated carbocycles. The highest BCUT2D eigenvalue weighted by Crippen LogP contribution is 2.12. The molecule has 2 aromatic rings. The fourth-order valence-corrected chi connectivity index (χ4v) is 3.34. The number of benzene rings is 2. The Bertz CT molecular complexity index is 1040. The quantitative estimate of drug-likeness (QED) is 0.202. The van der Waals surface area contributed by atoms with Gasteiger partial charge in [-0.1, -0.05) is 42.5 Å². The van der Waals surface area contributed by atoms with Gasteiger partial charge in [0.05, 0.1) is 12.1 Å². The summed E-state index contributed by atoms with van der Waals surface area (Å²) < 4.78 is 0. The number of aromatic hydroxyl groups is 1. The van der Waals surface area contributed by atoms with Crippen LogP contribution in [0.15, 0.2) is 54.6 Å². The van der Waals surface area contributed by atoms with Crippen molar-refractivity contribution in [3.05, 3.63) is 65.7 Å². The minimum atomic E-state index is -1.48. The fourth-order valence-electron chi connectivity index (χ4n) is 3.34. The molecule has 0 spiro atoms. The third-order valence-electron chi connectivity index (χ3n) is 5.44. The van der Waals surface area contributed by atoms with Crippen molar-refractivity contribution < 1.29 is 34.5 Å². The average Bonchev–Trinajstić information content (AvgIpc) is 2.83. The van der Waals surface area contributed by atoms with E-state index in [2.05, 4.69) is 16.0 Å². The Morgan fingerprint density at radius 1 is 0.806 bits per heavy atom. The van der Waals surface area contributed by atoms with Gasteiger partial charge in [0.25, 0.3) is 0 Å². The molecule has 3 amide bonds. The van der Waals surface area contributed by atoms with Gasteiger partial charge < -0.3 is 37.0 Å². The number of hydrogen-bond donors (Lipinski definition) is 7. The van der Waals surface area contributed by atoms with Gasteiger partial charge in [0.2, 0.25) is 17.7 Å². The first-order valence-electron chi connectivity index (χ1n) is 11.4. The number of phenols is 1. The van der Waals surface area contributed by atoms with Gasteiger partial charge in [0, 0.05) is 6.42 Å². The molecular formula is C25H32N4O7. The number of aliphatic carboxylic acids is 1. The van der Waals surface area contributed by atoms with Crippen LogP contribution >= 0.6 is 0 Å². The number of carboxylic acid groups (broad SMARTS) is 1. The third-order valence-corrected chi connectivity index (χ3v) is 5.44. The molecule has 0 fully saturated rings. The van der Waals surface area contributed by atoms with E-state index in [-0.39, 0.29) is 18.6 Å². The van der Waals surface area contributed by atoms with Crippen LogP contribution in [0.3, 0.4) is 0 Å². The first-order chi connectivity index (χ1) is 17.0. The van der Waals surface area contributed by atoms with Crippen molar-refractivity contribution in [2.45, 2.75) is 57.0 Å². The van der Waals surface area contributed by atoms with Crippen LogP contribution in [-0.2, 0) is 32.0 Å². The Kier molecular flexibility index (Phi) is 10.4. The van der Waals surface area contributed by atoms with Crippen molar-refractivity contribution in [2.24, 2.45) is 5.73 Å². The number of amides is 3. The summed E-state index contributed by atoms with van der Waals surface area (Å²) in [4.78, 5) is 49.5. The highest BCUT2D eigenvalue weighted by molar-refractivity contribution is 5.94. The number of hydrogen-bond acceptors (Lipinski definition) is 7. The predicted molar refractivity (Wildman–Crippen MR) is 131 cm³/mol. The van der Waals surface area contributed by atoms with Crippen LogP contribution in [0.2, 0.25) is 0 Å². The van der Waals surface area contributed by atoms with E-state index in [0.29, 0.717) is 5.56 Å². The van der Waals surface area contributed by atoms with Crippen molar-refractivity contribution in [2.75, 3.05) is 0 Å². The van der Waals surface area contributed by atoms with Crippen LogP contribution in [-0.4, -0.2) is 69.3 Å². The maximum Gasteiger partial charge on any atom is 0.325 e. The molecule has 2 rings (SSSR count). The van der Waals surface area contributed by atoms with Gasteiger partial charge >= 0.3 is 5.97 Å². The zero-order valence-corrected chi connectivity index (χ0v) is 20.0. The van der Waals surface area contributed by atoms with Crippen LogP contribution in [0.4, 0.5) is 0 Å². The molecule has 0 bridgehead atoms. The number of carbonyl (C=O) groups excluding carboxylic acids is 3. The molecule has 8 N–H and O–H groups in total. The first-order valence-corrected chi connectivity index (χ1v) is 11.4. The topological polar surface area (TPSA) is 191 Å². The van der Waals surface area contributed by atoms with Crippen LogP contribution in [0, 0.1) is 0 Å². The van der Waals surface area contributed by atoms with E-state index in [9.17, 15) is 29.4 Å². The number of phenolic OH excluding ortho intramolecular Hbond substituents is 1. The molecule has 0 aliphatic heterocycles. The Morgan fingerprint density at radius 2 is 1.39 bits per heavy atom. The Labute approximate surface area is 208 Å². The number of carboxylic acids is 1. The smallest absolute Gasteiger partial charge is 0.325 e. The summed E-state index contributed by atoms with van der Waals surface area (Å²) >= 11 is 0. The lowest BCUT2D eigenvalue weighted by Gasteiger charge is -2.26. The van der Waals surface area contributed by atoms with Crippen LogP contribution in [0.25, 0.3) is 0 Å². The molecule has 0 aliphatic rings. The summed E-state index contributed by atoms with van der Waals surface area (Å²) in [6.07, 6.45) is -1.14. The molecule has 194 valence electrons. The van der Waals surface area contributed by atoms with Crippen molar-refractivity contribution in [3.8, 4) is 5.75 Å². The standard InChI is InChI=1S/C25H32N4O7/c1-14(25(35)36)27-24(34)21(15(2)30)29-23(33)20(13-17-8-10-18(31)11-9-17)28-22(32)19(26)12-16-6-4-3-5-7-16/h3-11,14-15,19-21,30-31H,12-13,26H2,1-2H3,(H,27,34)(H,28,32)(H,29,33)(H,35,36). The monoisotopic (exact) mass is 500 g/mol. The molecule has 5 atom stereocenters. The summed E-state index contributed by atoms with van der Waals surface area (Å²) in [5.41, 5.74) is 7.49. The van der Waals surface area contributed by atoms with Gasteiger partial charge in [0.1, 0.15) is 23.9 Å². The van der Waals surface area contributed by atoms with Crippen molar-refractivity contribution >= 4 is 23.7 Å². The number of nitrogens with two attached hydrogens (primary N) is 1. The molecule has 0 radical (unpaired) electrons. The second kappa shape index (κ2) is 13.2. The largest absolute Gasteiger partial charge is 0.508 e. The highest BCUT2D eigenvalue weighted by atomic mass is 16.4. The minimum Gasteiger partial charge on any atom is -0.508 e. The molecule has 36 heavy (non-hydrogen) atoms. The van der Waals surface area contributed by atoms with Gasteiger partial charge in [-0.15, -0.1) is 0 Å². The Hall–Kier alpha value is -3.96. The average molecular weight is 501 g/mol.